The fraction of sp³-hybridized carbons (Fsp3) is 0.571. The second-order valence-electron chi connectivity index (χ2n) is 4.33. The molecule has 94 valence electrons. The number of hydrogen-bond donors (Lipinski definition) is 0. The van der Waals surface area contributed by atoms with Crippen molar-refractivity contribution in [3.8, 4) is 11.5 Å². The highest BCUT2D eigenvalue weighted by Crippen LogP contribution is 2.26. The van der Waals surface area contributed by atoms with Gasteiger partial charge in [-0.2, -0.15) is 0 Å². The largest absolute Gasteiger partial charge is 0.490 e. The Balaban J connectivity index is 1.88. The van der Waals surface area contributed by atoms with Crippen LogP contribution in [0.3, 0.4) is 0 Å². The van der Waals surface area contributed by atoms with Gasteiger partial charge in [0.2, 0.25) is 0 Å². The van der Waals surface area contributed by atoms with E-state index in [-0.39, 0.29) is 0 Å². The lowest BCUT2D eigenvalue weighted by Crippen LogP contribution is -2.33. The molecule has 1 aromatic rings. The van der Waals surface area contributed by atoms with Gasteiger partial charge in [0.1, 0.15) is 6.73 Å². The first-order valence-electron chi connectivity index (χ1n) is 6.47. The lowest BCUT2D eigenvalue weighted by atomic mass is 10.1. The van der Waals surface area contributed by atoms with Crippen molar-refractivity contribution in [3.05, 3.63) is 24.3 Å². The summed E-state index contributed by atoms with van der Waals surface area (Å²) < 4.78 is 11.4. The highest BCUT2D eigenvalue weighted by atomic mass is 16.5. The molecule has 2 rings (SSSR count). The van der Waals surface area contributed by atoms with Gasteiger partial charge in [0.05, 0.1) is 6.61 Å². The molecule has 1 fully saturated rings. The highest BCUT2D eigenvalue weighted by Gasteiger charge is 2.11. The van der Waals surface area contributed by atoms with Crippen LogP contribution in [0.15, 0.2) is 24.3 Å². The van der Waals surface area contributed by atoms with Crippen LogP contribution in [-0.2, 0) is 0 Å². The van der Waals surface area contributed by atoms with Crippen LogP contribution >= 0.6 is 0 Å². The normalized spacial score (nSPS) is 16.8. The second kappa shape index (κ2) is 6.50. The molecule has 0 aliphatic carbocycles. The summed E-state index contributed by atoms with van der Waals surface area (Å²) in [7, 11) is 0. The van der Waals surface area contributed by atoms with Crippen LogP contribution in [0.4, 0.5) is 0 Å². The maximum absolute atomic E-state index is 5.83. The fourth-order valence-corrected chi connectivity index (χ4v) is 2.09. The zero-order chi connectivity index (χ0) is 11.9. The van der Waals surface area contributed by atoms with Crippen molar-refractivity contribution in [3.63, 3.8) is 0 Å². The Morgan fingerprint density at radius 3 is 2.29 bits per heavy atom. The van der Waals surface area contributed by atoms with Crippen LogP contribution in [-0.4, -0.2) is 31.3 Å². The first-order valence-corrected chi connectivity index (χ1v) is 6.47. The lowest BCUT2D eigenvalue weighted by molar-refractivity contribution is 0.103. The standard InChI is InChI=1S/C14H21NO2/c1-2-16-13-8-4-5-9-14(13)17-12-15-10-6-3-7-11-15/h4-5,8-9H,2-3,6-7,10-12H2,1H3. The van der Waals surface area contributed by atoms with Crippen LogP contribution in [0.5, 0.6) is 11.5 Å². The average Bonchev–Trinajstić information content (AvgIpc) is 2.39. The number of hydrogen-bond acceptors (Lipinski definition) is 3. The Kier molecular flexibility index (Phi) is 4.68. The van der Waals surface area contributed by atoms with Crippen LogP contribution in [0.25, 0.3) is 0 Å². The predicted octanol–water partition coefficient (Wildman–Crippen LogP) is 2.91. The van der Waals surface area contributed by atoms with Gasteiger partial charge < -0.3 is 9.47 Å². The Morgan fingerprint density at radius 2 is 1.65 bits per heavy atom. The van der Waals surface area contributed by atoms with Crippen LogP contribution in [0, 0.1) is 0 Å². The first-order chi connectivity index (χ1) is 8.40. The van der Waals surface area contributed by atoms with Gasteiger partial charge in [-0.15, -0.1) is 0 Å². The number of ether oxygens (including phenoxy) is 2. The number of benzene rings is 1. The summed E-state index contributed by atoms with van der Waals surface area (Å²) in [5.41, 5.74) is 0. The molecule has 0 spiro atoms. The van der Waals surface area contributed by atoms with E-state index in [1.807, 2.05) is 31.2 Å². The maximum Gasteiger partial charge on any atom is 0.163 e. The minimum absolute atomic E-state index is 0.671. The third-order valence-electron chi connectivity index (χ3n) is 3.00. The molecule has 0 bridgehead atoms. The number of likely N-dealkylation sites (tertiary alicyclic amines) is 1. The van der Waals surface area contributed by atoms with Gasteiger partial charge in [-0.1, -0.05) is 18.6 Å². The smallest absolute Gasteiger partial charge is 0.163 e. The molecule has 3 heteroatoms. The number of nitrogens with zero attached hydrogens (tertiary/aromatic N) is 1. The molecule has 0 aromatic heterocycles. The quantitative estimate of drug-likeness (QED) is 0.783. The molecule has 0 unspecified atom stereocenters. The summed E-state index contributed by atoms with van der Waals surface area (Å²) in [5, 5.41) is 0. The molecule has 1 heterocycles. The number of rotatable bonds is 5. The van der Waals surface area contributed by atoms with Gasteiger partial charge in [0, 0.05) is 13.1 Å². The van der Waals surface area contributed by atoms with Gasteiger partial charge in [0.25, 0.3) is 0 Å². The molecule has 0 atom stereocenters. The molecule has 3 nitrogen and oxygen atoms in total. The van der Waals surface area contributed by atoms with E-state index < -0.39 is 0 Å². The third kappa shape index (κ3) is 3.63. The average molecular weight is 235 g/mol. The van der Waals surface area contributed by atoms with Crippen LogP contribution < -0.4 is 9.47 Å². The summed E-state index contributed by atoms with van der Waals surface area (Å²) in [6.07, 6.45) is 3.93. The summed E-state index contributed by atoms with van der Waals surface area (Å²) >= 11 is 0. The van der Waals surface area contributed by atoms with E-state index in [2.05, 4.69) is 4.90 Å². The highest BCUT2D eigenvalue weighted by molar-refractivity contribution is 5.39. The van der Waals surface area contributed by atoms with Gasteiger partial charge in [-0.3, -0.25) is 4.90 Å². The van der Waals surface area contributed by atoms with Gasteiger partial charge in [-0.25, -0.2) is 0 Å². The second-order valence-corrected chi connectivity index (χ2v) is 4.33. The van der Waals surface area contributed by atoms with Crippen molar-refractivity contribution in [2.45, 2.75) is 26.2 Å². The molecule has 0 radical (unpaired) electrons. The minimum atomic E-state index is 0.671. The van der Waals surface area contributed by atoms with E-state index in [9.17, 15) is 0 Å². The molecule has 0 amide bonds. The molecule has 0 N–H and O–H groups in total. The van der Waals surface area contributed by atoms with Crippen molar-refractivity contribution in [1.82, 2.24) is 4.90 Å². The third-order valence-corrected chi connectivity index (χ3v) is 3.00. The van der Waals surface area contributed by atoms with Gasteiger partial charge in [-0.05, 0) is 31.9 Å². The topological polar surface area (TPSA) is 21.7 Å². The summed E-state index contributed by atoms with van der Waals surface area (Å²) in [6, 6.07) is 7.87. The Bertz CT molecular complexity index is 335. The zero-order valence-electron chi connectivity index (χ0n) is 10.5. The van der Waals surface area contributed by atoms with Crippen molar-refractivity contribution >= 4 is 0 Å². The molecule has 1 aliphatic rings. The zero-order valence-corrected chi connectivity index (χ0v) is 10.5. The minimum Gasteiger partial charge on any atom is -0.490 e. The predicted molar refractivity (Wildman–Crippen MR) is 68.5 cm³/mol. The fourth-order valence-electron chi connectivity index (χ4n) is 2.09. The van der Waals surface area contributed by atoms with E-state index >= 15 is 0 Å². The van der Waals surface area contributed by atoms with Crippen molar-refractivity contribution in [2.24, 2.45) is 0 Å². The monoisotopic (exact) mass is 235 g/mol. The molecular formula is C14H21NO2. The maximum atomic E-state index is 5.83. The van der Waals surface area contributed by atoms with Gasteiger partial charge >= 0.3 is 0 Å². The van der Waals surface area contributed by atoms with Crippen molar-refractivity contribution < 1.29 is 9.47 Å². The molecule has 17 heavy (non-hydrogen) atoms. The van der Waals surface area contributed by atoms with E-state index in [0.717, 1.165) is 24.6 Å². The molecule has 1 aliphatic heterocycles. The van der Waals surface area contributed by atoms with Crippen LogP contribution in [0.2, 0.25) is 0 Å². The van der Waals surface area contributed by atoms with E-state index in [1.54, 1.807) is 0 Å². The van der Waals surface area contributed by atoms with Crippen molar-refractivity contribution in [1.29, 1.82) is 0 Å². The number of para-hydroxylation sites is 2. The molecule has 1 saturated heterocycles. The SMILES string of the molecule is CCOc1ccccc1OCN1CCCCC1. The number of piperidine rings is 1. The molecule has 0 saturated carbocycles. The van der Waals surface area contributed by atoms with Gasteiger partial charge in [0.15, 0.2) is 11.5 Å². The summed E-state index contributed by atoms with van der Waals surface area (Å²) in [4.78, 5) is 2.35. The van der Waals surface area contributed by atoms with E-state index in [4.69, 9.17) is 9.47 Å². The Labute approximate surface area is 103 Å². The molecule has 1 aromatic carbocycles. The lowest BCUT2D eigenvalue weighted by Gasteiger charge is -2.26. The Hall–Kier alpha value is -1.22. The summed E-state index contributed by atoms with van der Waals surface area (Å²) in [6.45, 7) is 5.63. The first kappa shape index (κ1) is 12.2. The molecular weight excluding hydrogens is 214 g/mol. The Morgan fingerprint density at radius 1 is 1.00 bits per heavy atom. The van der Waals surface area contributed by atoms with E-state index in [0.29, 0.717) is 13.3 Å². The van der Waals surface area contributed by atoms with Crippen LogP contribution in [0.1, 0.15) is 26.2 Å². The van der Waals surface area contributed by atoms with E-state index in [1.165, 1.54) is 19.3 Å². The van der Waals surface area contributed by atoms with Crippen molar-refractivity contribution in [2.75, 3.05) is 26.4 Å². The summed E-state index contributed by atoms with van der Waals surface area (Å²) in [5.74, 6) is 1.69.